The first-order valence-electron chi connectivity index (χ1n) is 10.5. The molecule has 5 atom stereocenters. The SMILES string of the molecule is COC(=O)[C@]1(O)C[C@@]23CCCN4CC[C@@]5(c6cccc(OC)c6N[C@]15CC2)[C@@H]43. The van der Waals surface area contributed by atoms with E-state index >= 15 is 0 Å². The number of para-hydroxylation sites is 1. The molecule has 3 aliphatic heterocycles. The second-order valence-electron chi connectivity index (χ2n) is 9.57. The smallest absolute Gasteiger partial charge is 0.340 e. The fourth-order valence-electron chi connectivity index (χ4n) is 8.32. The van der Waals surface area contributed by atoms with Crippen molar-refractivity contribution in [3.05, 3.63) is 23.8 Å². The molecule has 2 saturated heterocycles. The summed E-state index contributed by atoms with van der Waals surface area (Å²) in [5, 5.41) is 15.8. The minimum atomic E-state index is -1.53. The van der Waals surface area contributed by atoms with Crippen LogP contribution in [0.2, 0.25) is 0 Å². The first-order chi connectivity index (χ1) is 13.5. The van der Waals surface area contributed by atoms with Crippen LogP contribution in [-0.2, 0) is 14.9 Å². The third-order valence-electron chi connectivity index (χ3n) is 8.99. The Labute approximate surface area is 165 Å². The van der Waals surface area contributed by atoms with E-state index in [-0.39, 0.29) is 10.8 Å². The van der Waals surface area contributed by atoms with Gasteiger partial charge in [0.1, 0.15) is 5.75 Å². The van der Waals surface area contributed by atoms with E-state index in [2.05, 4.69) is 16.3 Å². The van der Waals surface area contributed by atoms with Crippen LogP contribution in [0.1, 0.15) is 44.1 Å². The number of hydrogen-bond acceptors (Lipinski definition) is 6. The molecule has 3 spiro atoms. The van der Waals surface area contributed by atoms with E-state index in [0.29, 0.717) is 12.5 Å². The van der Waals surface area contributed by atoms with Crippen LogP contribution >= 0.6 is 0 Å². The average molecular weight is 384 g/mol. The van der Waals surface area contributed by atoms with Crippen molar-refractivity contribution in [3.63, 3.8) is 0 Å². The summed E-state index contributed by atoms with van der Waals surface area (Å²) in [6.07, 6.45) is 5.46. The van der Waals surface area contributed by atoms with Crippen LogP contribution in [0, 0.1) is 5.41 Å². The number of nitrogens with zero attached hydrogens (tertiary/aromatic N) is 1. The minimum absolute atomic E-state index is 0.0359. The molecule has 1 aromatic rings. The number of methoxy groups -OCH3 is 2. The number of esters is 1. The standard InChI is InChI=1S/C22H28N2O4/c1-27-15-6-3-5-14-16(15)23-22-9-8-19(13-21(22,26)18(25)28-2)7-4-11-24-12-10-20(14,22)17(19)24/h3,5-6,17,23,26H,4,7-13H2,1-2H3/t17-,19+,20+,21+,22-/m0/s1. The quantitative estimate of drug-likeness (QED) is 0.761. The molecular weight excluding hydrogens is 356 g/mol. The number of hydrogen-bond donors (Lipinski definition) is 2. The van der Waals surface area contributed by atoms with Crippen molar-refractivity contribution >= 4 is 11.7 Å². The van der Waals surface area contributed by atoms with Gasteiger partial charge in [0.15, 0.2) is 5.60 Å². The number of benzene rings is 1. The number of anilines is 1. The number of piperidine rings is 1. The topological polar surface area (TPSA) is 71.0 Å². The van der Waals surface area contributed by atoms with Crippen molar-refractivity contribution in [1.29, 1.82) is 0 Å². The number of aliphatic hydroxyl groups is 1. The molecule has 6 aliphatic rings. The maximum Gasteiger partial charge on any atom is 0.340 e. The van der Waals surface area contributed by atoms with E-state index in [1.54, 1.807) is 7.11 Å². The first kappa shape index (κ1) is 17.1. The molecule has 5 fully saturated rings. The predicted molar refractivity (Wildman–Crippen MR) is 103 cm³/mol. The largest absolute Gasteiger partial charge is 0.495 e. The molecule has 0 aromatic heterocycles. The molecule has 2 bridgehead atoms. The van der Waals surface area contributed by atoms with Crippen molar-refractivity contribution in [2.75, 3.05) is 32.6 Å². The molecule has 3 heterocycles. The number of ether oxygens (including phenoxy) is 2. The molecule has 28 heavy (non-hydrogen) atoms. The van der Waals surface area contributed by atoms with E-state index in [4.69, 9.17) is 9.47 Å². The van der Waals surface area contributed by atoms with E-state index in [9.17, 15) is 9.90 Å². The molecule has 150 valence electrons. The second-order valence-corrected chi connectivity index (χ2v) is 9.57. The van der Waals surface area contributed by atoms with Gasteiger partial charge in [0.05, 0.1) is 25.4 Å². The van der Waals surface area contributed by atoms with Gasteiger partial charge in [-0.2, -0.15) is 0 Å². The van der Waals surface area contributed by atoms with Crippen LogP contribution < -0.4 is 10.1 Å². The van der Waals surface area contributed by atoms with Crippen molar-refractivity contribution in [1.82, 2.24) is 4.90 Å². The number of carbonyl (C=O) groups excluding carboxylic acids is 1. The van der Waals surface area contributed by atoms with E-state index < -0.39 is 17.1 Å². The van der Waals surface area contributed by atoms with Gasteiger partial charge in [0, 0.05) is 11.5 Å². The first-order valence-corrected chi connectivity index (χ1v) is 10.5. The number of rotatable bonds is 2. The van der Waals surface area contributed by atoms with Gasteiger partial charge in [-0.1, -0.05) is 12.1 Å². The van der Waals surface area contributed by atoms with Gasteiger partial charge in [-0.25, -0.2) is 4.79 Å². The average Bonchev–Trinajstić information content (AvgIpc) is 3.26. The van der Waals surface area contributed by atoms with Gasteiger partial charge in [-0.15, -0.1) is 0 Å². The molecule has 0 unspecified atom stereocenters. The van der Waals surface area contributed by atoms with Gasteiger partial charge in [0.2, 0.25) is 0 Å². The summed E-state index contributed by atoms with van der Waals surface area (Å²) < 4.78 is 10.9. The van der Waals surface area contributed by atoms with E-state index in [1.807, 2.05) is 12.1 Å². The summed E-state index contributed by atoms with van der Waals surface area (Å²) in [4.78, 5) is 15.8. The molecule has 3 saturated carbocycles. The van der Waals surface area contributed by atoms with Crippen LogP contribution in [0.4, 0.5) is 5.69 Å². The van der Waals surface area contributed by atoms with Gasteiger partial charge in [0.25, 0.3) is 0 Å². The normalized spacial score (nSPS) is 45.0. The summed E-state index contributed by atoms with van der Waals surface area (Å²) in [5.41, 5.74) is -0.441. The predicted octanol–water partition coefficient (Wildman–Crippen LogP) is 2.05. The van der Waals surface area contributed by atoms with Crippen LogP contribution in [0.25, 0.3) is 0 Å². The van der Waals surface area contributed by atoms with Gasteiger partial charge in [-0.05, 0) is 68.7 Å². The second kappa shape index (κ2) is 5.03. The number of nitrogens with one attached hydrogen (secondary N) is 1. The fraction of sp³-hybridized carbons (Fsp3) is 0.682. The Morgan fingerprint density at radius 1 is 1.21 bits per heavy atom. The minimum Gasteiger partial charge on any atom is -0.495 e. The molecule has 3 aliphatic carbocycles. The highest BCUT2D eigenvalue weighted by Gasteiger charge is 2.84. The Kier molecular flexibility index (Phi) is 3.07. The van der Waals surface area contributed by atoms with Crippen LogP contribution in [0.3, 0.4) is 0 Å². The lowest BCUT2D eigenvalue weighted by Gasteiger charge is -2.71. The zero-order chi connectivity index (χ0) is 19.4. The molecular formula is C22H28N2O4. The van der Waals surface area contributed by atoms with Crippen molar-refractivity contribution < 1.29 is 19.4 Å². The molecule has 0 amide bonds. The third-order valence-corrected chi connectivity index (χ3v) is 8.99. The zero-order valence-electron chi connectivity index (χ0n) is 16.6. The van der Waals surface area contributed by atoms with Crippen LogP contribution in [0.15, 0.2) is 18.2 Å². The van der Waals surface area contributed by atoms with Crippen molar-refractivity contribution in [2.45, 2.75) is 61.1 Å². The Hall–Kier alpha value is -1.79. The summed E-state index contributed by atoms with van der Waals surface area (Å²) in [5.74, 6) is 0.294. The maximum absolute atomic E-state index is 13.1. The Morgan fingerprint density at radius 2 is 2.07 bits per heavy atom. The highest BCUT2D eigenvalue weighted by Crippen LogP contribution is 2.75. The van der Waals surface area contributed by atoms with E-state index in [1.165, 1.54) is 12.7 Å². The summed E-state index contributed by atoms with van der Waals surface area (Å²) >= 11 is 0. The van der Waals surface area contributed by atoms with E-state index in [0.717, 1.165) is 56.6 Å². The lowest BCUT2D eigenvalue weighted by molar-refractivity contribution is -0.223. The summed E-state index contributed by atoms with van der Waals surface area (Å²) in [7, 11) is 3.08. The third kappa shape index (κ3) is 1.50. The Morgan fingerprint density at radius 3 is 2.86 bits per heavy atom. The molecule has 6 nitrogen and oxygen atoms in total. The fourth-order valence-corrected chi connectivity index (χ4v) is 8.32. The Bertz CT molecular complexity index is 889. The zero-order valence-corrected chi connectivity index (χ0v) is 16.6. The van der Waals surface area contributed by atoms with Crippen molar-refractivity contribution in [2.24, 2.45) is 5.41 Å². The molecule has 6 heteroatoms. The molecule has 0 radical (unpaired) electrons. The monoisotopic (exact) mass is 384 g/mol. The number of fused-ring (bicyclic) bond motifs is 3. The lowest BCUT2D eigenvalue weighted by atomic mass is 9.37. The molecule has 1 aromatic carbocycles. The van der Waals surface area contributed by atoms with Crippen molar-refractivity contribution in [3.8, 4) is 5.75 Å². The summed E-state index contributed by atoms with van der Waals surface area (Å²) in [6, 6.07) is 6.55. The van der Waals surface area contributed by atoms with Gasteiger partial charge in [-0.3, -0.25) is 4.90 Å². The van der Waals surface area contributed by atoms with Crippen LogP contribution in [0.5, 0.6) is 5.75 Å². The lowest BCUT2D eigenvalue weighted by Crippen LogP contribution is -2.83. The van der Waals surface area contributed by atoms with Crippen LogP contribution in [-0.4, -0.2) is 60.5 Å². The maximum atomic E-state index is 13.1. The van der Waals surface area contributed by atoms with Gasteiger partial charge < -0.3 is 19.9 Å². The summed E-state index contributed by atoms with van der Waals surface area (Å²) in [6.45, 7) is 2.13. The Balaban J connectivity index is 1.68. The molecule has 7 rings (SSSR count). The van der Waals surface area contributed by atoms with Gasteiger partial charge >= 0.3 is 5.97 Å². The number of carbonyl (C=O) groups is 1. The highest BCUT2D eigenvalue weighted by atomic mass is 16.5. The highest BCUT2D eigenvalue weighted by molar-refractivity contribution is 5.88. The molecule has 2 N–H and O–H groups in total.